The first-order valence-corrected chi connectivity index (χ1v) is 6.47. The van der Waals surface area contributed by atoms with Crippen LogP contribution < -0.4 is 0 Å². The maximum absolute atomic E-state index is 10.8. The molecule has 0 unspecified atom stereocenters. The van der Waals surface area contributed by atoms with Crippen LogP contribution in [0.2, 0.25) is 0 Å². The minimum absolute atomic E-state index is 0.0874. The molecule has 0 fully saturated rings. The number of fused-ring (bicyclic) bond motifs is 1. The summed E-state index contributed by atoms with van der Waals surface area (Å²) in [5, 5.41) is 16.9. The number of halogens is 1. The molecule has 0 saturated carbocycles. The minimum Gasteiger partial charge on any atom is -0.481 e. The van der Waals surface area contributed by atoms with Crippen molar-refractivity contribution < 1.29 is 9.90 Å². The number of carboxylic acids is 1. The van der Waals surface area contributed by atoms with Gasteiger partial charge in [-0.05, 0) is 22.0 Å². The zero-order valence-electron chi connectivity index (χ0n) is 9.77. The molecule has 0 aliphatic rings. The molecule has 0 aliphatic carbocycles. The fourth-order valence-corrected chi connectivity index (χ4v) is 2.61. The van der Waals surface area contributed by atoms with Crippen LogP contribution in [-0.2, 0) is 11.2 Å². The number of nitrogens with one attached hydrogen (secondary N) is 2. The van der Waals surface area contributed by atoms with Crippen molar-refractivity contribution in [2.24, 2.45) is 0 Å². The fraction of sp³-hybridized carbons (Fsp3) is 0.0769. The normalized spacial score (nSPS) is 11.0. The van der Waals surface area contributed by atoms with Gasteiger partial charge in [0.05, 0.1) is 16.6 Å². The highest BCUT2D eigenvalue weighted by Crippen LogP contribution is 2.33. The van der Waals surface area contributed by atoms with E-state index in [1.807, 2.05) is 30.5 Å². The Kier molecular flexibility index (Phi) is 2.87. The lowest BCUT2D eigenvalue weighted by Gasteiger charge is -1.96. The van der Waals surface area contributed by atoms with Crippen LogP contribution >= 0.6 is 15.9 Å². The van der Waals surface area contributed by atoms with Crippen LogP contribution in [0.1, 0.15) is 5.69 Å². The molecule has 0 radical (unpaired) electrons. The number of hydrogen-bond acceptors (Lipinski definition) is 2. The lowest BCUT2D eigenvalue weighted by molar-refractivity contribution is -0.136. The first-order valence-electron chi connectivity index (χ1n) is 5.68. The highest BCUT2D eigenvalue weighted by atomic mass is 79.9. The van der Waals surface area contributed by atoms with Gasteiger partial charge in [-0.3, -0.25) is 9.89 Å². The Morgan fingerprint density at radius 3 is 2.95 bits per heavy atom. The van der Waals surface area contributed by atoms with E-state index in [4.69, 9.17) is 5.11 Å². The van der Waals surface area contributed by atoms with Crippen molar-refractivity contribution in [3.05, 3.63) is 40.6 Å². The van der Waals surface area contributed by atoms with Crippen molar-refractivity contribution in [1.29, 1.82) is 0 Å². The number of hydrogen-bond donors (Lipinski definition) is 3. The molecule has 1 aromatic carbocycles. The largest absolute Gasteiger partial charge is 0.481 e. The molecule has 5 nitrogen and oxygen atoms in total. The molecule has 0 spiro atoms. The van der Waals surface area contributed by atoms with Crippen molar-refractivity contribution in [2.75, 3.05) is 0 Å². The maximum atomic E-state index is 10.8. The molecule has 3 aromatic rings. The van der Waals surface area contributed by atoms with E-state index in [0.29, 0.717) is 15.9 Å². The standard InChI is InChI=1S/C13H10BrN3O2/c14-12-10(5-11(18)19)16-17-13(12)8-6-15-9-4-2-1-3-7(8)9/h1-4,6,15H,5H2,(H,16,17)(H,18,19). The molecule has 0 saturated heterocycles. The van der Waals surface area contributed by atoms with Gasteiger partial charge >= 0.3 is 5.97 Å². The monoisotopic (exact) mass is 319 g/mol. The van der Waals surface area contributed by atoms with E-state index >= 15 is 0 Å². The molecule has 3 N–H and O–H groups in total. The molecule has 3 rings (SSSR count). The van der Waals surface area contributed by atoms with Gasteiger partial charge in [-0.25, -0.2) is 0 Å². The summed E-state index contributed by atoms with van der Waals surface area (Å²) in [4.78, 5) is 13.9. The average Bonchev–Trinajstić information content (AvgIpc) is 2.94. The van der Waals surface area contributed by atoms with Crippen LogP contribution in [0.4, 0.5) is 0 Å². The van der Waals surface area contributed by atoms with E-state index in [1.165, 1.54) is 0 Å². The molecular formula is C13H10BrN3O2. The molecule has 0 amide bonds. The zero-order chi connectivity index (χ0) is 13.4. The number of carbonyl (C=O) groups is 1. The summed E-state index contributed by atoms with van der Waals surface area (Å²) in [6.45, 7) is 0. The van der Waals surface area contributed by atoms with Crippen molar-refractivity contribution in [3.63, 3.8) is 0 Å². The third-order valence-corrected chi connectivity index (χ3v) is 3.80. The second kappa shape index (κ2) is 4.55. The van der Waals surface area contributed by atoms with Crippen LogP contribution in [0.25, 0.3) is 22.2 Å². The second-order valence-electron chi connectivity index (χ2n) is 4.18. The molecule has 19 heavy (non-hydrogen) atoms. The van der Waals surface area contributed by atoms with Crippen molar-refractivity contribution in [1.82, 2.24) is 15.2 Å². The Bertz CT molecular complexity index is 760. The van der Waals surface area contributed by atoms with Crippen LogP contribution in [0.15, 0.2) is 34.9 Å². The first-order chi connectivity index (χ1) is 9.16. The molecule has 96 valence electrons. The number of aliphatic carboxylic acids is 1. The number of para-hydroxylation sites is 1. The maximum Gasteiger partial charge on any atom is 0.309 e. The summed E-state index contributed by atoms with van der Waals surface area (Å²) < 4.78 is 0.694. The quantitative estimate of drug-likeness (QED) is 0.694. The van der Waals surface area contributed by atoms with Crippen LogP contribution in [-0.4, -0.2) is 26.3 Å². The van der Waals surface area contributed by atoms with Gasteiger partial charge in [-0.2, -0.15) is 5.10 Å². The third kappa shape index (κ3) is 2.04. The first kappa shape index (κ1) is 12.0. The highest BCUT2D eigenvalue weighted by molar-refractivity contribution is 9.10. The van der Waals surface area contributed by atoms with E-state index in [9.17, 15) is 4.79 Å². The topological polar surface area (TPSA) is 81.8 Å². The average molecular weight is 320 g/mol. The van der Waals surface area contributed by atoms with Gasteiger partial charge in [0.1, 0.15) is 5.69 Å². The molecule has 0 atom stereocenters. The number of H-pyrrole nitrogens is 2. The summed E-state index contributed by atoms with van der Waals surface area (Å²) in [5.41, 5.74) is 3.24. The van der Waals surface area contributed by atoms with Gasteiger partial charge in [0.25, 0.3) is 0 Å². The highest BCUT2D eigenvalue weighted by Gasteiger charge is 2.17. The summed E-state index contributed by atoms with van der Waals surface area (Å²) in [6, 6.07) is 7.90. The Labute approximate surface area is 116 Å². The van der Waals surface area contributed by atoms with Crippen LogP contribution in [0, 0.1) is 0 Å². The summed E-state index contributed by atoms with van der Waals surface area (Å²) in [6.07, 6.45) is 1.78. The fourth-order valence-electron chi connectivity index (χ4n) is 2.08. The summed E-state index contributed by atoms with van der Waals surface area (Å²) in [5.74, 6) is -0.894. The van der Waals surface area contributed by atoms with E-state index in [-0.39, 0.29) is 6.42 Å². The number of rotatable bonds is 3. The predicted octanol–water partition coefficient (Wildman–Crippen LogP) is 2.95. The van der Waals surface area contributed by atoms with Crippen molar-refractivity contribution in [2.45, 2.75) is 6.42 Å². The Morgan fingerprint density at radius 2 is 2.16 bits per heavy atom. The third-order valence-electron chi connectivity index (χ3n) is 2.95. The number of nitrogens with zero attached hydrogens (tertiary/aromatic N) is 1. The second-order valence-corrected chi connectivity index (χ2v) is 4.98. The smallest absolute Gasteiger partial charge is 0.309 e. The van der Waals surface area contributed by atoms with Gasteiger partial charge in [-0.1, -0.05) is 18.2 Å². The van der Waals surface area contributed by atoms with E-state index < -0.39 is 5.97 Å². The number of aromatic nitrogens is 3. The van der Waals surface area contributed by atoms with Crippen LogP contribution in [0.3, 0.4) is 0 Å². The molecule has 2 aromatic heterocycles. The lowest BCUT2D eigenvalue weighted by atomic mass is 10.1. The number of aromatic amines is 2. The van der Waals surface area contributed by atoms with Crippen molar-refractivity contribution in [3.8, 4) is 11.3 Å². The van der Waals surface area contributed by atoms with Gasteiger partial charge in [0.15, 0.2) is 0 Å². The molecule has 0 aliphatic heterocycles. The Balaban J connectivity index is 2.12. The van der Waals surface area contributed by atoms with E-state index in [1.54, 1.807) is 0 Å². The lowest BCUT2D eigenvalue weighted by Crippen LogP contribution is -2.00. The SMILES string of the molecule is O=C(O)Cc1[nH]nc(-c2c[nH]c3ccccc23)c1Br. The summed E-state index contributed by atoms with van der Waals surface area (Å²) >= 11 is 3.42. The summed E-state index contributed by atoms with van der Waals surface area (Å²) in [7, 11) is 0. The van der Waals surface area contributed by atoms with Crippen molar-refractivity contribution >= 4 is 32.8 Å². The molecule has 0 bridgehead atoms. The van der Waals surface area contributed by atoms with Gasteiger partial charge < -0.3 is 10.1 Å². The Morgan fingerprint density at radius 1 is 1.37 bits per heavy atom. The van der Waals surface area contributed by atoms with Gasteiger partial charge in [0, 0.05) is 22.7 Å². The van der Waals surface area contributed by atoms with Gasteiger partial charge in [-0.15, -0.1) is 0 Å². The zero-order valence-corrected chi connectivity index (χ0v) is 11.4. The molecule has 6 heteroatoms. The van der Waals surface area contributed by atoms with Gasteiger partial charge in [0.2, 0.25) is 0 Å². The molecular weight excluding hydrogens is 310 g/mol. The number of carboxylic acid groups (broad SMARTS) is 1. The van der Waals surface area contributed by atoms with E-state index in [2.05, 4.69) is 31.1 Å². The number of benzene rings is 1. The van der Waals surface area contributed by atoms with Crippen LogP contribution in [0.5, 0.6) is 0 Å². The minimum atomic E-state index is -0.894. The Hall–Kier alpha value is -2.08. The predicted molar refractivity (Wildman–Crippen MR) is 74.9 cm³/mol. The molecule has 2 heterocycles. The van der Waals surface area contributed by atoms with E-state index in [0.717, 1.165) is 16.5 Å².